The molecular formula is C22H26N2O3. The van der Waals surface area contributed by atoms with Crippen LogP contribution in [-0.2, 0) is 16.0 Å². The molecule has 0 heterocycles. The number of ether oxygens (including phenoxy) is 1. The Hall–Kier alpha value is -3.08. The summed E-state index contributed by atoms with van der Waals surface area (Å²) in [4.78, 5) is 23.7. The lowest BCUT2D eigenvalue weighted by Gasteiger charge is -2.12. The Morgan fingerprint density at radius 3 is 2.30 bits per heavy atom. The number of nitrogens with one attached hydrogen (secondary N) is 2. The van der Waals surface area contributed by atoms with Crippen LogP contribution in [0.5, 0.6) is 5.75 Å². The van der Waals surface area contributed by atoms with E-state index in [0.717, 1.165) is 34.4 Å². The first-order valence-corrected chi connectivity index (χ1v) is 8.88. The van der Waals surface area contributed by atoms with Crippen molar-refractivity contribution >= 4 is 29.3 Å². The molecule has 2 amide bonds. The Bertz CT molecular complexity index is 862. The number of hydrogen-bond donors (Lipinski definition) is 2. The molecule has 0 radical (unpaired) electrons. The van der Waals surface area contributed by atoms with Gasteiger partial charge in [0.1, 0.15) is 5.75 Å². The number of rotatable bonds is 6. The van der Waals surface area contributed by atoms with Gasteiger partial charge in [0, 0.05) is 24.4 Å². The molecule has 5 nitrogen and oxygen atoms in total. The van der Waals surface area contributed by atoms with Crippen molar-refractivity contribution in [2.45, 2.75) is 34.1 Å². The third-order valence-electron chi connectivity index (χ3n) is 4.27. The van der Waals surface area contributed by atoms with Crippen LogP contribution in [0.3, 0.4) is 0 Å². The van der Waals surface area contributed by atoms with Crippen molar-refractivity contribution < 1.29 is 14.3 Å². The van der Waals surface area contributed by atoms with E-state index in [0.29, 0.717) is 11.4 Å². The van der Waals surface area contributed by atoms with Crippen molar-refractivity contribution in [2.75, 3.05) is 17.7 Å². The predicted molar refractivity (Wildman–Crippen MR) is 110 cm³/mol. The van der Waals surface area contributed by atoms with Crippen molar-refractivity contribution in [3.05, 3.63) is 58.7 Å². The average molecular weight is 366 g/mol. The summed E-state index contributed by atoms with van der Waals surface area (Å²) in [7, 11) is 1.64. The lowest BCUT2D eigenvalue weighted by atomic mass is 10.0. The molecule has 2 aromatic rings. The molecular weight excluding hydrogens is 340 g/mol. The second kappa shape index (κ2) is 9.03. The fourth-order valence-corrected chi connectivity index (χ4v) is 2.93. The predicted octanol–water partition coefficient (Wildman–Crippen LogP) is 4.48. The van der Waals surface area contributed by atoms with Gasteiger partial charge in [0.05, 0.1) is 7.11 Å². The highest BCUT2D eigenvalue weighted by molar-refractivity contribution is 6.03. The van der Waals surface area contributed by atoms with Crippen LogP contribution in [0.15, 0.2) is 36.4 Å². The number of carbonyl (C=O) groups excluding carboxylic acids is 2. The summed E-state index contributed by atoms with van der Waals surface area (Å²) in [5.41, 5.74) is 5.43. The van der Waals surface area contributed by atoms with Crippen molar-refractivity contribution in [2.24, 2.45) is 0 Å². The minimum atomic E-state index is -0.223. The summed E-state index contributed by atoms with van der Waals surface area (Å²) in [6.07, 6.45) is 4.10. The molecule has 0 aliphatic rings. The number of methoxy groups -OCH3 is 1. The third kappa shape index (κ3) is 5.45. The Morgan fingerprint density at radius 1 is 1.07 bits per heavy atom. The van der Waals surface area contributed by atoms with Gasteiger partial charge in [0.25, 0.3) is 0 Å². The zero-order valence-electron chi connectivity index (χ0n) is 16.5. The van der Waals surface area contributed by atoms with E-state index < -0.39 is 0 Å². The van der Waals surface area contributed by atoms with E-state index in [9.17, 15) is 9.59 Å². The van der Waals surface area contributed by atoms with Gasteiger partial charge in [-0.15, -0.1) is 0 Å². The summed E-state index contributed by atoms with van der Waals surface area (Å²) in [6.45, 7) is 7.44. The maximum atomic E-state index is 12.4. The van der Waals surface area contributed by atoms with Gasteiger partial charge in [0.2, 0.25) is 11.8 Å². The average Bonchev–Trinajstić information content (AvgIpc) is 2.60. The van der Waals surface area contributed by atoms with E-state index >= 15 is 0 Å². The number of aryl methyl sites for hydroxylation is 3. The summed E-state index contributed by atoms with van der Waals surface area (Å²) in [6, 6.07) is 9.39. The molecule has 0 saturated carbocycles. The summed E-state index contributed by atoms with van der Waals surface area (Å²) in [5.74, 6) is 0.426. The van der Waals surface area contributed by atoms with Gasteiger partial charge in [-0.2, -0.15) is 0 Å². The molecule has 0 bridgehead atoms. The molecule has 0 saturated heterocycles. The van der Waals surface area contributed by atoms with Crippen LogP contribution in [0.4, 0.5) is 11.4 Å². The van der Waals surface area contributed by atoms with Crippen molar-refractivity contribution in [3.63, 3.8) is 0 Å². The van der Waals surface area contributed by atoms with Gasteiger partial charge >= 0.3 is 0 Å². The second-order valence-corrected chi connectivity index (χ2v) is 6.40. The molecule has 0 aliphatic heterocycles. The number of benzene rings is 2. The first-order chi connectivity index (χ1) is 12.8. The normalized spacial score (nSPS) is 10.7. The molecule has 0 aliphatic carbocycles. The molecule has 2 N–H and O–H groups in total. The standard InChI is InChI=1S/C22H26N2O3/c1-6-17-7-8-18(23-16(4)25)13-21(17)24-22(26)10-9-20-14(2)11-19(27-5)12-15(20)3/h7-13H,6H2,1-5H3,(H,23,25)(H,24,26)/b10-9+. The smallest absolute Gasteiger partial charge is 0.248 e. The van der Waals surface area contributed by atoms with Crippen LogP contribution < -0.4 is 15.4 Å². The van der Waals surface area contributed by atoms with Crippen LogP contribution >= 0.6 is 0 Å². The number of anilines is 2. The van der Waals surface area contributed by atoms with Crippen LogP contribution in [-0.4, -0.2) is 18.9 Å². The first kappa shape index (κ1) is 20.2. The van der Waals surface area contributed by atoms with E-state index in [4.69, 9.17) is 4.74 Å². The zero-order chi connectivity index (χ0) is 20.0. The Labute approximate surface area is 160 Å². The highest BCUT2D eigenvalue weighted by Crippen LogP contribution is 2.24. The molecule has 5 heteroatoms. The summed E-state index contributed by atoms with van der Waals surface area (Å²) in [5, 5.41) is 5.64. The van der Waals surface area contributed by atoms with Gasteiger partial charge in [-0.1, -0.05) is 13.0 Å². The van der Waals surface area contributed by atoms with Crippen LogP contribution in [0.25, 0.3) is 6.08 Å². The quantitative estimate of drug-likeness (QED) is 0.741. The zero-order valence-corrected chi connectivity index (χ0v) is 16.5. The summed E-state index contributed by atoms with van der Waals surface area (Å²) < 4.78 is 5.27. The third-order valence-corrected chi connectivity index (χ3v) is 4.27. The summed E-state index contributed by atoms with van der Waals surface area (Å²) >= 11 is 0. The Morgan fingerprint density at radius 2 is 1.74 bits per heavy atom. The van der Waals surface area contributed by atoms with Crippen molar-refractivity contribution in [1.29, 1.82) is 0 Å². The fourth-order valence-electron chi connectivity index (χ4n) is 2.93. The van der Waals surface area contributed by atoms with Gasteiger partial charge in [-0.3, -0.25) is 9.59 Å². The Kier molecular flexibility index (Phi) is 6.77. The topological polar surface area (TPSA) is 67.4 Å². The maximum absolute atomic E-state index is 12.4. The second-order valence-electron chi connectivity index (χ2n) is 6.40. The highest BCUT2D eigenvalue weighted by atomic mass is 16.5. The molecule has 0 unspecified atom stereocenters. The van der Waals surface area contributed by atoms with E-state index in [-0.39, 0.29) is 11.8 Å². The molecule has 2 rings (SSSR count). The van der Waals surface area contributed by atoms with E-state index in [1.54, 1.807) is 13.2 Å². The molecule has 2 aromatic carbocycles. The SMILES string of the molecule is CCc1ccc(NC(C)=O)cc1NC(=O)/C=C/c1c(C)cc(OC)cc1C. The molecule has 0 atom stereocenters. The molecule has 27 heavy (non-hydrogen) atoms. The minimum absolute atomic E-state index is 0.151. The van der Waals surface area contributed by atoms with E-state index in [1.165, 1.54) is 13.0 Å². The molecule has 0 aromatic heterocycles. The lowest BCUT2D eigenvalue weighted by Crippen LogP contribution is -2.11. The fraction of sp³-hybridized carbons (Fsp3) is 0.273. The largest absolute Gasteiger partial charge is 0.497 e. The van der Waals surface area contributed by atoms with Gasteiger partial charge in [-0.25, -0.2) is 0 Å². The van der Waals surface area contributed by atoms with Crippen LogP contribution in [0, 0.1) is 13.8 Å². The number of amides is 2. The molecule has 142 valence electrons. The van der Waals surface area contributed by atoms with Gasteiger partial charge in [0.15, 0.2) is 0 Å². The van der Waals surface area contributed by atoms with Gasteiger partial charge in [-0.05, 0) is 72.9 Å². The molecule has 0 fully saturated rings. The highest BCUT2D eigenvalue weighted by Gasteiger charge is 2.07. The number of carbonyl (C=O) groups is 2. The first-order valence-electron chi connectivity index (χ1n) is 8.88. The minimum Gasteiger partial charge on any atom is -0.497 e. The van der Waals surface area contributed by atoms with Crippen LogP contribution in [0.1, 0.15) is 36.1 Å². The molecule has 0 spiro atoms. The van der Waals surface area contributed by atoms with Crippen molar-refractivity contribution in [3.8, 4) is 5.75 Å². The Balaban J connectivity index is 2.20. The number of hydrogen-bond acceptors (Lipinski definition) is 3. The van der Waals surface area contributed by atoms with Crippen LogP contribution in [0.2, 0.25) is 0 Å². The maximum Gasteiger partial charge on any atom is 0.248 e. The van der Waals surface area contributed by atoms with Gasteiger partial charge < -0.3 is 15.4 Å². The van der Waals surface area contributed by atoms with E-state index in [1.807, 2.05) is 51.1 Å². The monoisotopic (exact) mass is 366 g/mol. The van der Waals surface area contributed by atoms with E-state index in [2.05, 4.69) is 10.6 Å². The lowest BCUT2D eigenvalue weighted by molar-refractivity contribution is -0.114. The van der Waals surface area contributed by atoms with Crippen molar-refractivity contribution in [1.82, 2.24) is 0 Å².